The molecule has 7 N–H and O–H groups in total. The fourth-order valence-corrected chi connectivity index (χ4v) is 4.66. The second-order valence-electron chi connectivity index (χ2n) is 9.02. The van der Waals surface area contributed by atoms with E-state index in [0.717, 1.165) is 16.8 Å². The van der Waals surface area contributed by atoms with E-state index >= 15 is 0 Å². The van der Waals surface area contributed by atoms with Gasteiger partial charge in [-0.05, 0) is 35.9 Å². The van der Waals surface area contributed by atoms with Crippen molar-refractivity contribution in [3.63, 3.8) is 0 Å². The molecule has 0 spiro atoms. The van der Waals surface area contributed by atoms with E-state index in [1.165, 1.54) is 24.4 Å². The molecular weight excluding hydrogens is 578 g/mol. The molecule has 12 nitrogen and oxygen atoms in total. The smallest absolute Gasteiger partial charge is 0.481 e. The summed E-state index contributed by atoms with van der Waals surface area (Å²) in [7, 11) is 0. The van der Waals surface area contributed by atoms with Crippen LogP contribution in [-0.4, -0.2) is 64.3 Å². The third-order valence-electron chi connectivity index (χ3n) is 6.08. The van der Waals surface area contributed by atoms with Crippen molar-refractivity contribution in [1.29, 1.82) is 0 Å². The number of hydrogen-bond acceptors (Lipinski definition) is 8. The Labute approximate surface area is 233 Å². The lowest BCUT2D eigenvalue weighted by Gasteiger charge is -2.26. The first-order valence-corrected chi connectivity index (χ1v) is 12.2. The Morgan fingerprint density at radius 2 is 1.95 bits per heavy atom. The number of carboxylic acid groups (broad SMARTS) is 1. The van der Waals surface area contributed by atoms with E-state index in [0.29, 0.717) is 5.39 Å². The van der Waals surface area contributed by atoms with Crippen molar-refractivity contribution in [1.82, 2.24) is 15.1 Å². The number of carbonyl (C=O) groups excluding carboxylic acids is 2. The lowest BCUT2D eigenvalue weighted by molar-refractivity contribution is -0.274. The number of nitrogens with one attached hydrogen (secondary N) is 2. The molecule has 0 fully saturated rings. The monoisotopic (exact) mass is 599 g/mol. The van der Waals surface area contributed by atoms with Crippen LogP contribution in [0.2, 0.25) is 5.02 Å². The van der Waals surface area contributed by atoms with Crippen molar-refractivity contribution in [3.8, 4) is 5.75 Å². The summed E-state index contributed by atoms with van der Waals surface area (Å²) in [6.45, 7) is -0.141. The summed E-state index contributed by atoms with van der Waals surface area (Å²) < 4.78 is 57.2. The number of primary amides is 2. The van der Waals surface area contributed by atoms with Gasteiger partial charge in [-0.25, -0.2) is 9.38 Å². The van der Waals surface area contributed by atoms with Crippen LogP contribution in [-0.2, 0) is 9.59 Å². The van der Waals surface area contributed by atoms with Crippen LogP contribution in [0, 0.1) is 0 Å². The molecule has 2 amide bonds. The summed E-state index contributed by atoms with van der Waals surface area (Å²) in [5.41, 5.74) is 11.4. The molecular formula is C24H22ClF4N7O5. The van der Waals surface area contributed by atoms with Crippen molar-refractivity contribution in [3.05, 3.63) is 52.7 Å². The van der Waals surface area contributed by atoms with Gasteiger partial charge in [-0.15, -0.1) is 13.2 Å². The average molecular weight is 600 g/mol. The number of aromatic nitrogens is 2. The molecule has 2 unspecified atom stereocenters. The van der Waals surface area contributed by atoms with Crippen LogP contribution >= 0.6 is 11.6 Å². The first-order chi connectivity index (χ1) is 19.2. The number of hydrogen-bond donors (Lipinski definition) is 5. The molecule has 4 rings (SSSR count). The number of nitrogens with two attached hydrogens (primary N) is 2. The third-order valence-corrected chi connectivity index (χ3v) is 6.30. The lowest BCUT2D eigenvalue weighted by atomic mass is 9.87. The van der Waals surface area contributed by atoms with Gasteiger partial charge in [0, 0.05) is 21.9 Å². The maximum Gasteiger partial charge on any atom is 0.573 e. The Balaban J connectivity index is 1.87. The summed E-state index contributed by atoms with van der Waals surface area (Å²) in [6.07, 6.45) is -5.78. The highest BCUT2D eigenvalue weighted by molar-refractivity contribution is 6.30. The summed E-state index contributed by atoms with van der Waals surface area (Å²) in [5.74, 6) is -5.34. The SMILES string of the molecule is NC(=O)c1cc(NC2=NCC(F)CN2)c2cnn(C(C(N)=O)[C@@H](CC(=O)O)c3cc(Cl)cc(OC(F)(F)F)c3)c2c1. The zero-order valence-electron chi connectivity index (χ0n) is 20.8. The molecule has 41 heavy (non-hydrogen) atoms. The Morgan fingerprint density at radius 1 is 1.22 bits per heavy atom. The number of aliphatic carboxylic acids is 1. The molecule has 1 aliphatic rings. The van der Waals surface area contributed by atoms with Crippen molar-refractivity contribution in [2.75, 3.05) is 18.4 Å². The standard InChI is InChI=1S/C24H22ClF4N7O5/c25-12-1-10(2-14(5-12)41-24(27,28)29)15(6-19(37)38)20(22(31)40)36-18-4-11(21(30)39)3-17(16(18)9-34-36)35-23-32-7-13(26)8-33-23/h1-5,9,13,15,20H,6-8H2,(H2,30,39)(H2,31,40)(H,37,38)(H2,32,33,35)/t15-,20?/m0/s1. The van der Waals surface area contributed by atoms with E-state index in [9.17, 15) is 37.1 Å². The number of guanidine groups is 1. The molecule has 0 bridgehead atoms. The maximum atomic E-state index is 13.5. The molecule has 0 saturated heterocycles. The van der Waals surface area contributed by atoms with Crippen LogP contribution in [0.4, 0.5) is 23.2 Å². The number of fused-ring (bicyclic) bond motifs is 1. The topological polar surface area (TPSA) is 187 Å². The highest BCUT2D eigenvalue weighted by Crippen LogP contribution is 2.39. The number of carbonyl (C=O) groups is 3. The molecule has 3 atom stereocenters. The minimum Gasteiger partial charge on any atom is -0.481 e. The van der Waals surface area contributed by atoms with Gasteiger partial charge in [0.1, 0.15) is 18.0 Å². The maximum absolute atomic E-state index is 13.5. The number of amides is 2. The highest BCUT2D eigenvalue weighted by Gasteiger charge is 2.36. The van der Waals surface area contributed by atoms with E-state index < -0.39 is 54.4 Å². The van der Waals surface area contributed by atoms with Gasteiger partial charge in [0.15, 0.2) is 5.96 Å². The predicted octanol–water partition coefficient (Wildman–Crippen LogP) is 2.68. The number of ether oxygens (including phenoxy) is 1. The van der Waals surface area contributed by atoms with Crippen molar-refractivity contribution in [2.24, 2.45) is 16.5 Å². The number of benzene rings is 2. The van der Waals surface area contributed by atoms with Crippen LogP contribution in [0.15, 0.2) is 41.5 Å². The molecule has 1 aliphatic heterocycles. The van der Waals surface area contributed by atoms with Gasteiger partial charge in [-0.2, -0.15) is 5.10 Å². The number of rotatable bonds is 9. The van der Waals surface area contributed by atoms with E-state index in [1.807, 2.05) is 0 Å². The zero-order valence-corrected chi connectivity index (χ0v) is 21.5. The van der Waals surface area contributed by atoms with Gasteiger partial charge in [-0.3, -0.25) is 19.1 Å². The van der Waals surface area contributed by atoms with Crippen molar-refractivity contribution >= 4 is 51.9 Å². The molecule has 0 saturated carbocycles. The molecule has 1 aromatic heterocycles. The molecule has 218 valence electrons. The summed E-state index contributed by atoms with van der Waals surface area (Å²) in [5, 5.41) is 19.6. The van der Waals surface area contributed by atoms with Crippen molar-refractivity contribution in [2.45, 2.75) is 30.9 Å². The third kappa shape index (κ3) is 6.95. The zero-order chi connectivity index (χ0) is 30.1. The number of nitrogens with zero attached hydrogens (tertiary/aromatic N) is 3. The summed E-state index contributed by atoms with van der Waals surface area (Å²) >= 11 is 6.01. The fourth-order valence-electron chi connectivity index (χ4n) is 4.42. The lowest BCUT2D eigenvalue weighted by Crippen LogP contribution is -2.41. The van der Waals surface area contributed by atoms with E-state index in [4.69, 9.17) is 23.1 Å². The summed E-state index contributed by atoms with van der Waals surface area (Å²) in [6, 6.07) is 3.98. The fraction of sp³-hybridized carbons (Fsp3) is 0.292. The Morgan fingerprint density at radius 3 is 2.54 bits per heavy atom. The van der Waals surface area contributed by atoms with Gasteiger partial charge in [0.25, 0.3) is 0 Å². The quantitative estimate of drug-likeness (QED) is 0.232. The molecule has 17 heteroatoms. The second-order valence-corrected chi connectivity index (χ2v) is 9.46. The Bertz CT molecular complexity index is 1540. The van der Waals surface area contributed by atoms with Crippen LogP contribution < -0.4 is 26.8 Å². The second kappa shape index (κ2) is 11.5. The molecule has 3 aromatic rings. The van der Waals surface area contributed by atoms with Crippen molar-refractivity contribution < 1.29 is 41.8 Å². The number of aliphatic imine (C=N–C) groups is 1. The largest absolute Gasteiger partial charge is 0.573 e. The van der Waals surface area contributed by atoms with Gasteiger partial charge >= 0.3 is 12.3 Å². The first-order valence-electron chi connectivity index (χ1n) is 11.8. The van der Waals surface area contributed by atoms with Gasteiger partial charge in [-0.1, -0.05) is 11.6 Å². The summed E-state index contributed by atoms with van der Waals surface area (Å²) in [4.78, 5) is 40.9. The minimum absolute atomic E-state index is 0.0238. The number of anilines is 1. The van der Waals surface area contributed by atoms with Crippen LogP contribution in [0.5, 0.6) is 5.75 Å². The highest BCUT2D eigenvalue weighted by atomic mass is 35.5. The normalized spacial score (nSPS) is 16.8. The molecule has 2 aromatic carbocycles. The Kier molecular flexibility index (Phi) is 8.23. The van der Waals surface area contributed by atoms with E-state index in [-0.39, 0.29) is 46.4 Å². The molecule has 2 heterocycles. The predicted molar refractivity (Wildman–Crippen MR) is 138 cm³/mol. The van der Waals surface area contributed by atoms with Gasteiger partial charge in [0.05, 0.1) is 36.9 Å². The molecule has 0 aliphatic carbocycles. The Hall–Kier alpha value is -4.60. The number of halogens is 5. The van der Waals surface area contributed by atoms with Crippen LogP contribution in [0.1, 0.15) is 34.3 Å². The van der Waals surface area contributed by atoms with Gasteiger partial charge < -0.3 is 31.9 Å². The number of alkyl halides is 4. The van der Waals surface area contributed by atoms with Crippen LogP contribution in [0.3, 0.4) is 0 Å². The minimum atomic E-state index is -5.08. The van der Waals surface area contributed by atoms with Gasteiger partial charge in [0.2, 0.25) is 11.8 Å². The number of carboxylic acids is 1. The first kappa shape index (κ1) is 29.4. The van der Waals surface area contributed by atoms with E-state index in [1.54, 1.807) is 0 Å². The van der Waals surface area contributed by atoms with E-state index in [2.05, 4.69) is 25.5 Å². The average Bonchev–Trinajstić information content (AvgIpc) is 3.27. The molecule has 0 radical (unpaired) electrons. The van der Waals surface area contributed by atoms with Crippen LogP contribution in [0.25, 0.3) is 10.9 Å².